The first-order valence-electron chi connectivity index (χ1n) is 6.43. The average molecular weight is 259 g/mol. The maximum Gasteiger partial charge on any atom is 0.119 e. The molecule has 4 nitrogen and oxygen atoms in total. The molecule has 1 aromatic carbocycles. The number of benzene rings is 1. The zero-order valence-electron chi connectivity index (χ0n) is 12.2. The van der Waals surface area contributed by atoms with Gasteiger partial charge in [0, 0.05) is 13.1 Å². The zero-order valence-corrected chi connectivity index (χ0v) is 12.2. The van der Waals surface area contributed by atoms with Crippen molar-refractivity contribution in [2.45, 2.75) is 26.8 Å². The van der Waals surface area contributed by atoms with Crippen LogP contribution in [0.2, 0.25) is 0 Å². The molecule has 1 heterocycles. The van der Waals surface area contributed by atoms with Gasteiger partial charge in [-0.05, 0) is 38.5 Å². The average Bonchev–Trinajstić information content (AvgIpc) is 2.65. The van der Waals surface area contributed by atoms with E-state index in [-0.39, 0.29) is 6.04 Å². The van der Waals surface area contributed by atoms with Crippen molar-refractivity contribution in [1.82, 2.24) is 9.78 Å². The number of aromatic nitrogens is 2. The van der Waals surface area contributed by atoms with Crippen molar-refractivity contribution >= 4 is 5.69 Å². The molecule has 1 aromatic heterocycles. The second-order valence-corrected chi connectivity index (χ2v) is 4.81. The molecule has 1 N–H and O–H groups in total. The summed E-state index contributed by atoms with van der Waals surface area (Å²) < 4.78 is 7.16. The summed E-state index contributed by atoms with van der Waals surface area (Å²) in [5.74, 6) is 0.880. The van der Waals surface area contributed by atoms with Crippen LogP contribution in [0.3, 0.4) is 0 Å². The minimum Gasteiger partial charge on any atom is -0.497 e. The van der Waals surface area contributed by atoms with E-state index >= 15 is 0 Å². The Bertz CT molecular complexity index is 575. The number of rotatable bonds is 4. The molecule has 4 heteroatoms. The van der Waals surface area contributed by atoms with E-state index in [0.717, 1.165) is 22.8 Å². The number of hydrogen-bond acceptors (Lipinski definition) is 3. The Morgan fingerprint density at radius 3 is 2.63 bits per heavy atom. The second-order valence-electron chi connectivity index (χ2n) is 4.81. The van der Waals surface area contributed by atoms with Crippen LogP contribution >= 0.6 is 0 Å². The standard InChI is InChI=1S/C15H21N3O/c1-10(13-7-6-8-14(9-13)19-5)16-15-11(2)17-18(4)12(15)3/h6-10,16H,1-5H3. The first kappa shape index (κ1) is 13.5. The lowest BCUT2D eigenvalue weighted by atomic mass is 10.1. The molecule has 0 spiro atoms. The molecule has 0 fully saturated rings. The van der Waals surface area contributed by atoms with Crippen LogP contribution in [0.4, 0.5) is 5.69 Å². The Kier molecular flexibility index (Phi) is 3.79. The number of aryl methyl sites for hydroxylation is 2. The topological polar surface area (TPSA) is 39.1 Å². The molecule has 0 radical (unpaired) electrons. The van der Waals surface area contributed by atoms with Crippen molar-refractivity contribution in [2.24, 2.45) is 7.05 Å². The molecule has 0 saturated heterocycles. The van der Waals surface area contributed by atoms with Gasteiger partial charge in [0.15, 0.2) is 0 Å². The van der Waals surface area contributed by atoms with Crippen LogP contribution in [-0.4, -0.2) is 16.9 Å². The minimum absolute atomic E-state index is 0.205. The van der Waals surface area contributed by atoms with Gasteiger partial charge in [-0.15, -0.1) is 0 Å². The number of ether oxygens (including phenoxy) is 1. The first-order valence-corrected chi connectivity index (χ1v) is 6.43. The van der Waals surface area contributed by atoms with Gasteiger partial charge in [-0.2, -0.15) is 5.10 Å². The lowest BCUT2D eigenvalue weighted by Crippen LogP contribution is -2.08. The third-order valence-electron chi connectivity index (χ3n) is 3.46. The van der Waals surface area contributed by atoms with E-state index in [1.165, 1.54) is 5.56 Å². The maximum absolute atomic E-state index is 5.26. The van der Waals surface area contributed by atoms with Crippen molar-refractivity contribution in [3.05, 3.63) is 41.2 Å². The van der Waals surface area contributed by atoms with Crippen LogP contribution in [0, 0.1) is 13.8 Å². The molecule has 1 atom stereocenters. The molecule has 0 aliphatic heterocycles. The molecule has 102 valence electrons. The molecule has 0 aliphatic carbocycles. The Balaban J connectivity index is 2.22. The quantitative estimate of drug-likeness (QED) is 0.916. The highest BCUT2D eigenvalue weighted by Crippen LogP contribution is 2.26. The van der Waals surface area contributed by atoms with Gasteiger partial charge in [-0.1, -0.05) is 12.1 Å². The van der Waals surface area contributed by atoms with Crippen LogP contribution in [0.1, 0.15) is 29.9 Å². The van der Waals surface area contributed by atoms with E-state index in [1.807, 2.05) is 30.8 Å². The lowest BCUT2D eigenvalue weighted by molar-refractivity contribution is 0.414. The summed E-state index contributed by atoms with van der Waals surface area (Å²) in [7, 11) is 3.65. The first-order chi connectivity index (χ1) is 9.02. The Hall–Kier alpha value is -1.97. The number of nitrogens with zero attached hydrogens (tertiary/aromatic N) is 2. The lowest BCUT2D eigenvalue weighted by Gasteiger charge is -2.16. The van der Waals surface area contributed by atoms with Crippen molar-refractivity contribution in [1.29, 1.82) is 0 Å². The SMILES string of the molecule is COc1cccc(C(C)Nc2c(C)nn(C)c2C)c1. The predicted octanol–water partition coefficient (Wildman–Crippen LogP) is 3.22. The fraction of sp³-hybridized carbons (Fsp3) is 0.400. The molecule has 2 aromatic rings. The van der Waals surface area contributed by atoms with Crippen LogP contribution < -0.4 is 10.1 Å². The van der Waals surface area contributed by atoms with Crippen LogP contribution in [0.25, 0.3) is 0 Å². The zero-order chi connectivity index (χ0) is 14.0. The normalized spacial score (nSPS) is 12.3. The summed E-state index contributed by atoms with van der Waals surface area (Å²) in [6.45, 7) is 6.23. The van der Waals surface area contributed by atoms with Gasteiger partial charge in [-0.25, -0.2) is 0 Å². The van der Waals surface area contributed by atoms with Crippen molar-refractivity contribution in [3.8, 4) is 5.75 Å². The number of nitrogens with one attached hydrogen (secondary N) is 1. The number of hydrogen-bond donors (Lipinski definition) is 1. The van der Waals surface area contributed by atoms with Crippen LogP contribution in [-0.2, 0) is 7.05 Å². The maximum atomic E-state index is 5.26. The summed E-state index contributed by atoms with van der Waals surface area (Å²) in [4.78, 5) is 0. The highest BCUT2D eigenvalue weighted by atomic mass is 16.5. The van der Waals surface area contributed by atoms with Gasteiger partial charge < -0.3 is 10.1 Å². The molecule has 0 amide bonds. The third kappa shape index (κ3) is 2.72. The van der Waals surface area contributed by atoms with Crippen molar-refractivity contribution in [2.75, 3.05) is 12.4 Å². The van der Waals surface area contributed by atoms with Gasteiger partial charge in [0.2, 0.25) is 0 Å². The summed E-state index contributed by atoms with van der Waals surface area (Å²) >= 11 is 0. The molecular weight excluding hydrogens is 238 g/mol. The van der Waals surface area contributed by atoms with Crippen molar-refractivity contribution < 1.29 is 4.74 Å². The summed E-state index contributed by atoms with van der Waals surface area (Å²) in [6.07, 6.45) is 0. The highest BCUT2D eigenvalue weighted by molar-refractivity contribution is 5.53. The number of anilines is 1. The van der Waals surface area contributed by atoms with Crippen LogP contribution in [0.5, 0.6) is 5.75 Å². The molecule has 0 bridgehead atoms. The van der Waals surface area contributed by atoms with E-state index in [1.54, 1.807) is 7.11 Å². The summed E-state index contributed by atoms with van der Waals surface area (Å²) in [6, 6.07) is 8.32. The molecule has 19 heavy (non-hydrogen) atoms. The third-order valence-corrected chi connectivity index (χ3v) is 3.46. The number of methoxy groups -OCH3 is 1. The van der Waals surface area contributed by atoms with E-state index < -0.39 is 0 Å². The molecular formula is C15H21N3O. The molecule has 1 unspecified atom stereocenters. The second kappa shape index (κ2) is 5.34. The van der Waals surface area contributed by atoms with E-state index in [9.17, 15) is 0 Å². The fourth-order valence-corrected chi connectivity index (χ4v) is 2.19. The Labute approximate surface area is 114 Å². The van der Waals surface area contributed by atoms with Gasteiger partial charge in [-0.3, -0.25) is 4.68 Å². The molecule has 0 saturated carbocycles. The van der Waals surface area contributed by atoms with E-state index in [4.69, 9.17) is 4.74 Å². The fourth-order valence-electron chi connectivity index (χ4n) is 2.19. The smallest absolute Gasteiger partial charge is 0.119 e. The monoisotopic (exact) mass is 259 g/mol. The van der Waals surface area contributed by atoms with Gasteiger partial charge >= 0.3 is 0 Å². The largest absolute Gasteiger partial charge is 0.497 e. The molecule has 2 rings (SSSR count). The van der Waals surface area contributed by atoms with E-state index in [2.05, 4.69) is 36.4 Å². The Morgan fingerprint density at radius 1 is 1.32 bits per heavy atom. The molecule has 0 aliphatic rings. The predicted molar refractivity (Wildman–Crippen MR) is 77.7 cm³/mol. The van der Waals surface area contributed by atoms with Gasteiger partial charge in [0.05, 0.1) is 24.2 Å². The Morgan fingerprint density at radius 2 is 2.05 bits per heavy atom. The summed E-state index contributed by atoms with van der Waals surface area (Å²) in [5, 5.41) is 7.95. The van der Waals surface area contributed by atoms with E-state index in [0.29, 0.717) is 0 Å². The van der Waals surface area contributed by atoms with Gasteiger partial charge in [0.25, 0.3) is 0 Å². The highest BCUT2D eigenvalue weighted by Gasteiger charge is 2.13. The summed E-state index contributed by atoms with van der Waals surface area (Å²) in [5.41, 5.74) is 4.47. The van der Waals surface area contributed by atoms with Crippen molar-refractivity contribution in [3.63, 3.8) is 0 Å². The minimum atomic E-state index is 0.205. The van der Waals surface area contributed by atoms with Crippen LogP contribution in [0.15, 0.2) is 24.3 Å². The van der Waals surface area contributed by atoms with Gasteiger partial charge in [0.1, 0.15) is 5.75 Å².